The molecule has 1 aromatic rings. The first kappa shape index (κ1) is 9.93. The molecule has 13 heavy (non-hydrogen) atoms. The van der Waals surface area contributed by atoms with Gasteiger partial charge >= 0.3 is 0 Å². The van der Waals surface area contributed by atoms with Crippen LogP contribution in [0.15, 0.2) is 24.3 Å². The van der Waals surface area contributed by atoms with Gasteiger partial charge in [-0.3, -0.25) is 4.79 Å². The smallest absolute Gasteiger partial charge is 0.150 e. The van der Waals surface area contributed by atoms with Gasteiger partial charge in [0.05, 0.1) is 6.61 Å². The van der Waals surface area contributed by atoms with Crippen molar-refractivity contribution >= 4 is 6.29 Å². The molecule has 0 unspecified atom stereocenters. The number of benzene rings is 1. The summed E-state index contributed by atoms with van der Waals surface area (Å²) < 4.78 is 5.35. The Morgan fingerprint density at radius 2 is 2.31 bits per heavy atom. The molecule has 0 saturated heterocycles. The molecule has 0 amide bonds. The summed E-state index contributed by atoms with van der Waals surface area (Å²) in [5.74, 6) is 0. The minimum atomic E-state index is 0.593. The minimum absolute atomic E-state index is 0.593. The summed E-state index contributed by atoms with van der Waals surface area (Å²) in [5, 5.41) is 0. The second-order valence-electron chi connectivity index (χ2n) is 2.92. The quantitative estimate of drug-likeness (QED) is 0.511. The van der Waals surface area contributed by atoms with Crippen LogP contribution in [-0.4, -0.2) is 12.9 Å². The van der Waals surface area contributed by atoms with Crippen molar-refractivity contribution < 1.29 is 9.53 Å². The fourth-order valence-electron chi connectivity index (χ4n) is 1.09. The lowest BCUT2D eigenvalue weighted by Gasteiger charge is -2.02. The molecule has 0 heterocycles. The molecule has 0 aliphatic rings. The van der Waals surface area contributed by atoms with E-state index in [0.29, 0.717) is 12.2 Å². The summed E-state index contributed by atoms with van der Waals surface area (Å²) in [7, 11) is 0. The van der Waals surface area contributed by atoms with Crippen LogP contribution in [0.4, 0.5) is 0 Å². The number of aldehydes is 1. The number of carbonyl (C=O) groups is 1. The molecule has 0 saturated carbocycles. The van der Waals surface area contributed by atoms with Crippen molar-refractivity contribution in [2.45, 2.75) is 20.0 Å². The lowest BCUT2D eigenvalue weighted by molar-refractivity contribution is 0.112. The Morgan fingerprint density at radius 1 is 1.46 bits per heavy atom. The Kier molecular flexibility index (Phi) is 4.19. The Hall–Kier alpha value is -1.15. The van der Waals surface area contributed by atoms with Crippen LogP contribution in [0.25, 0.3) is 0 Å². The van der Waals surface area contributed by atoms with E-state index in [4.69, 9.17) is 4.74 Å². The zero-order valence-corrected chi connectivity index (χ0v) is 7.82. The highest BCUT2D eigenvalue weighted by Crippen LogP contribution is 2.04. The van der Waals surface area contributed by atoms with Gasteiger partial charge in [0.2, 0.25) is 0 Å². The van der Waals surface area contributed by atoms with Crippen LogP contribution in [0.1, 0.15) is 29.3 Å². The van der Waals surface area contributed by atoms with Crippen LogP contribution >= 0.6 is 0 Å². The molecule has 2 heteroatoms. The third-order valence-electron chi connectivity index (χ3n) is 1.70. The van der Waals surface area contributed by atoms with Crippen molar-refractivity contribution in [3.05, 3.63) is 35.4 Å². The normalized spacial score (nSPS) is 9.92. The van der Waals surface area contributed by atoms with E-state index in [1.165, 1.54) is 0 Å². The molecule has 0 radical (unpaired) electrons. The van der Waals surface area contributed by atoms with Gasteiger partial charge in [0.25, 0.3) is 0 Å². The Balaban J connectivity index is 2.51. The zero-order chi connectivity index (χ0) is 9.52. The van der Waals surface area contributed by atoms with E-state index in [1.807, 2.05) is 18.2 Å². The van der Waals surface area contributed by atoms with Crippen LogP contribution in [0.5, 0.6) is 0 Å². The van der Waals surface area contributed by atoms with E-state index in [2.05, 4.69) is 6.92 Å². The van der Waals surface area contributed by atoms with Gasteiger partial charge in [-0.05, 0) is 18.1 Å². The average Bonchev–Trinajstić information content (AvgIpc) is 2.19. The standard InChI is InChI=1S/C11H14O2/c1-2-6-13-9-11-5-3-4-10(7-11)8-12/h3-5,7-8H,2,6,9H2,1H3. The molecule has 0 spiro atoms. The highest BCUT2D eigenvalue weighted by molar-refractivity contribution is 5.74. The maximum atomic E-state index is 10.4. The first-order valence-corrected chi connectivity index (χ1v) is 4.48. The maximum Gasteiger partial charge on any atom is 0.150 e. The first-order valence-electron chi connectivity index (χ1n) is 4.48. The van der Waals surface area contributed by atoms with Crippen LogP contribution in [0.3, 0.4) is 0 Å². The van der Waals surface area contributed by atoms with E-state index in [0.717, 1.165) is 24.9 Å². The molecule has 1 rings (SSSR count). The van der Waals surface area contributed by atoms with Crippen LogP contribution in [0.2, 0.25) is 0 Å². The molecule has 2 nitrogen and oxygen atoms in total. The molecule has 0 N–H and O–H groups in total. The summed E-state index contributed by atoms with van der Waals surface area (Å²) in [5.41, 5.74) is 1.76. The second-order valence-corrected chi connectivity index (χ2v) is 2.92. The lowest BCUT2D eigenvalue weighted by atomic mass is 10.1. The van der Waals surface area contributed by atoms with Gasteiger partial charge in [-0.2, -0.15) is 0 Å². The van der Waals surface area contributed by atoms with Crippen molar-refractivity contribution in [2.24, 2.45) is 0 Å². The molecule has 70 valence electrons. The summed E-state index contributed by atoms with van der Waals surface area (Å²) in [6.07, 6.45) is 1.87. The molecule has 0 bridgehead atoms. The fourth-order valence-corrected chi connectivity index (χ4v) is 1.09. The molecule has 0 atom stereocenters. The number of hydrogen-bond acceptors (Lipinski definition) is 2. The van der Waals surface area contributed by atoms with Crippen molar-refractivity contribution in [3.63, 3.8) is 0 Å². The van der Waals surface area contributed by atoms with E-state index in [-0.39, 0.29) is 0 Å². The number of ether oxygens (including phenoxy) is 1. The van der Waals surface area contributed by atoms with Gasteiger partial charge < -0.3 is 4.74 Å². The van der Waals surface area contributed by atoms with Crippen molar-refractivity contribution in [1.29, 1.82) is 0 Å². The van der Waals surface area contributed by atoms with Crippen LogP contribution in [0, 0.1) is 0 Å². The van der Waals surface area contributed by atoms with Gasteiger partial charge in [-0.15, -0.1) is 0 Å². The Bertz CT molecular complexity index is 269. The first-order chi connectivity index (χ1) is 6.36. The third-order valence-corrected chi connectivity index (χ3v) is 1.70. The largest absolute Gasteiger partial charge is 0.377 e. The molecular formula is C11H14O2. The minimum Gasteiger partial charge on any atom is -0.377 e. The highest BCUT2D eigenvalue weighted by Gasteiger charge is 1.94. The predicted molar refractivity (Wildman–Crippen MR) is 51.8 cm³/mol. The summed E-state index contributed by atoms with van der Waals surface area (Å²) in [4.78, 5) is 10.4. The SMILES string of the molecule is CCCOCc1cccc(C=O)c1. The van der Waals surface area contributed by atoms with Gasteiger partial charge in [0, 0.05) is 12.2 Å². The fraction of sp³-hybridized carbons (Fsp3) is 0.364. The average molecular weight is 178 g/mol. The van der Waals surface area contributed by atoms with Gasteiger partial charge in [0.15, 0.2) is 0 Å². The molecular weight excluding hydrogens is 164 g/mol. The Labute approximate surface area is 78.5 Å². The van der Waals surface area contributed by atoms with E-state index in [9.17, 15) is 4.79 Å². The van der Waals surface area contributed by atoms with Crippen molar-refractivity contribution in [1.82, 2.24) is 0 Å². The summed E-state index contributed by atoms with van der Waals surface area (Å²) in [6, 6.07) is 7.47. The lowest BCUT2D eigenvalue weighted by Crippen LogP contribution is -1.94. The number of rotatable bonds is 5. The van der Waals surface area contributed by atoms with Gasteiger partial charge in [0.1, 0.15) is 6.29 Å². The van der Waals surface area contributed by atoms with Gasteiger partial charge in [-0.1, -0.05) is 25.1 Å². The molecule has 0 aliphatic carbocycles. The van der Waals surface area contributed by atoms with Crippen molar-refractivity contribution in [2.75, 3.05) is 6.61 Å². The number of hydrogen-bond donors (Lipinski definition) is 0. The highest BCUT2D eigenvalue weighted by atomic mass is 16.5. The van der Waals surface area contributed by atoms with Crippen molar-refractivity contribution in [3.8, 4) is 0 Å². The van der Waals surface area contributed by atoms with E-state index >= 15 is 0 Å². The van der Waals surface area contributed by atoms with Crippen LogP contribution in [-0.2, 0) is 11.3 Å². The topological polar surface area (TPSA) is 26.3 Å². The summed E-state index contributed by atoms with van der Waals surface area (Å²) >= 11 is 0. The predicted octanol–water partition coefficient (Wildman–Crippen LogP) is 2.43. The van der Waals surface area contributed by atoms with Crippen LogP contribution < -0.4 is 0 Å². The molecule has 1 aromatic carbocycles. The zero-order valence-electron chi connectivity index (χ0n) is 7.82. The van der Waals surface area contributed by atoms with Gasteiger partial charge in [-0.25, -0.2) is 0 Å². The van der Waals surface area contributed by atoms with E-state index < -0.39 is 0 Å². The molecule has 0 aliphatic heterocycles. The maximum absolute atomic E-state index is 10.4. The molecule has 0 fully saturated rings. The summed E-state index contributed by atoms with van der Waals surface area (Å²) in [6.45, 7) is 3.43. The Morgan fingerprint density at radius 3 is 3.00 bits per heavy atom. The molecule has 0 aromatic heterocycles. The number of carbonyl (C=O) groups excluding carboxylic acids is 1. The third kappa shape index (κ3) is 3.38. The second kappa shape index (κ2) is 5.49. The van der Waals surface area contributed by atoms with E-state index in [1.54, 1.807) is 6.07 Å². The monoisotopic (exact) mass is 178 g/mol.